The van der Waals surface area contributed by atoms with E-state index in [4.69, 9.17) is 33.5 Å². The molecule has 0 N–H and O–H groups in total. The highest BCUT2D eigenvalue weighted by Gasteiger charge is 2.32. The van der Waals surface area contributed by atoms with E-state index < -0.39 is 0 Å². The highest BCUT2D eigenvalue weighted by atomic mass is 35.5. The predicted octanol–water partition coefficient (Wildman–Crippen LogP) is 6.92. The number of aromatic nitrogens is 2. The van der Waals surface area contributed by atoms with E-state index in [0.717, 1.165) is 27.9 Å². The van der Waals surface area contributed by atoms with E-state index in [1.165, 1.54) is 28.4 Å². The van der Waals surface area contributed by atoms with E-state index >= 15 is 0 Å². The monoisotopic (exact) mass is 579 g/mol. The van der Waals surface area contributed by atoms with Crippen molar-refractivity contribution in [1.82, 2.24) is 14.5 Å². The van der Waals surface area contributed by atoms with E-state index in [1.807, 2.05) is 72.8 Å². The summed E-state index contributed by atoms with van der Waals surface area (Å²) in [6, 6.07) is 22.6. The second kappa shape index (κ2) is 11.7. The molecule has 6 nitrogen and oxygen atoms in total. The number of halogens is 1. The van der Waals surface area contributed by atoms with Crippen LogP contribution in [-0.4, -0.2) is 44.2 Å². The Kier molecular flexibility index (Phi) is 8.18. The number of amides is 1. The summed E-state index contributed by atoms with van der Waals surface area (Å²) in [5, 5.41) is 1.28. The average Bonchev–Trinajstić information content (AvgIpc) is 3.43. The number of hydrogen-bond acceptors (Lipinski definition) is 7. The van der Waals surface area contributed by atoms with E-state index in [1.54, 1.807) is 17.8 Å². The minimum atomic E-state index is -0.198. The zero-order valence-electron chi connectivity index (χ0n) is 20.3. The number of fused-ring (bicyclic) bond motifs is 1. The first-order valence-corrected chi connectivity index (χ1v) is 14.3. The number of rotatable bonds is 8. The van der Waals surface area contributed by atoms with Gasteiger partial charge < -0.3 is 4.74 Å². The lowest BCUT2D eigenvalue weighted by Gasteiger charge is -2.15. The average molecular weight is 580 g/mol. The number of thioether (sulfide) groups is 2. The van der Waals surface area contributed by atoms with Gasteiger partial charge >= 0.3 is 0 Å². The lowest BCUT2D eigenvalue weighted by molar-refractivity contribution is -0.122. The van der Waals surface area contributed by atoms with Crippen LogP contribution in [0.1, 0.15) is 22.3 Å². The van der Waals surface area contributed by atoms with Gasteiger partial charge in [-0.25, -0.2) is 4.98 Å². The Morgan fingerprint density at radius 1 is 1.11 bits per heavy atom. The van der Waals surface area contributed by atoms with Gasteiger partial charge in [-0.05, 0) is 53.6 Å². The third-order valence-electron chi connectivity index (χ3n) is 5.90. The minimum Gasteiger partial charge on any atom is -0.497 e. The van der Waals surface area contributed by atoms with Gasteiger partial charge in [-0.1, -0.05) is 83.7 Å². The molecule has 0 atom stereocenters. The summed E-state index contributed by atoms with van der Waals surface area (Å²) in [5.74, 6) is 1.03. The van der Waals surface area contributed by atoms with E-state index in [9.17, 15) is 9.59 Å². The fourth-order valence-electron chi connectivity index (χ4n) is 3.93. The Morgan fingerprint density at radius 3 is 2.58 bits per heavy atom. The molecule has 4 aromatic rings. The van der Waals surface area contributed by atoms with E-state index in [0.29, 0.717) is 25.2 Å². The van der Waals surface area contributed by atoms with Gasteiger partial charge in [0, 0.05) is 23.7 Å². The van der Waals surface area contributed by atoms with Crippen molar-refractivity contribution in [3.8, 4) is 5.75 Å². The van der Waals surface area contributed by atoms with Crippen LogP contribution in [0, 0.1) is 0 Å². The first-order chi connectivity index (χ1) is 18.4. The molecule has 0 radical (unpaired) electrons. The Hall–Kier alpha value is -3.11. The molecule has 2 heterocycles. The predicted molar refractivity (Wildman–Crippen MR) is 159 cm³/mol. The number of methoxy groups -OCH3 is 1. The molecule has 3 aromatic carbocycles. The summed E-state index contributed by atoms with van der Waals surface area (Å²) >= 11 is 14.2. The molecule has 1 aliphatic heterocycles. The van der Waals surface area contributed by atoms with Gasteiger partial charge in [0.15, 0.2) is 5.16 Å². The molecule has 0 bridgehead atoms. The van der Waals surface area contributed by atoms with Crippen LogP contribution in [0.5, 0.6) is 5.75 Å². The van der Waals surface area contributed by atoms with E-state index in [-0.39, 0.29) is 24.8 Å². The van der Waals surface area contributed by atoms with Crippen LogP contribution in [0.15, 0.2) is 82.9 Å². The lowest BCUT2D eigenvalue weighted by atomic mass is 10.2. The fraction of sp³-hybridized carbons (Fsp3) is 0.143. The molecule has 192 valence electrons. The summed E-state index contributed by atoms with van der Waals surface area (Å²) < 4.78 is 7.27. The standard InChI is InChI=1S/C28H22ClN3O3S3/c1-35-21-12-8-18(9-13-21)16-24-26(34)31(28(36)38-24)15-14-25(33)32-23-5-3-2-4-22(23)30-27(32)37-17-19-6-10-20(29)11-7-19/h2-13,16H,14-15,17H2,1H3/b24-16-. The van der Waals surface area contributed by atoms with Crippen LogP contribution in [0.4, 0.5) is 0 Å². The summed E-state index contributed by atoms with van der Waals surface area (Å²) in [5.41, 5.74) is 3.43. The summed E-state index contributed by atoms with van der Waals surface area (Å²) in [6.45, 7) is 0.192. The normalized spacial score (nSPS) is 14.6. The van der Waals surface area contributed by atoms with E-state index in [2.05, 4.69) is 0 Å². The molecule has 0 unspecified atom stereocenters. The van der Waals surface area contributed by atoms with Gasteiger partial charge in [0.1, 0.15) is 10.1 Å². The molecule has 1 aliphatic rings. The van der Waals surface area contributed by atoms with Gasteiger partial charge in [0.25, 0.3) is 5.91 Å². The third kappa shape index (κ3) is 5.81. The number of benzene rings is 3. The number of thiocarbonyl (C=S) groups is 1. The highest BCUT2D eigenvalue weighted by Crippen LogP contribution is 2.33. The van der Waals surface area contributed by atoms with Crippen molar-refractivity contribution in [3.05, 3.63) is 93.9 Å². The summed E-state index contributed by atoms with van der Waals surface area (Å²) in [7, 11) is 1.61. The second-order valence-electron chi connectivity index (χ2n) is 8.38. The summed E-state index contributed by atoms with van der Waals surface area (Å²) in [4.78, 5) is 33.3. The first-order valence-electron chi connectivity index (χ1n) is 11.7. The van der Waals surface area contributed by atoms with Gasteiger partial charge in [-0.3, -0.25) is 19.1 Å². The van der Waals surface area contributed by atoms with Crippen LogP contribution in [0.2, 0.25) is 5.02 Å². The molecule has 0 aliphatic carbocycles. The van der Waals surface area contributed by atoms with Gasteiger partial charge in [-0.2, -0.15) is 0 Å². The highest BCUT2D eigenvalue weighted by molar-refractivity contribution is 8.26. The number of imidazole rings is 1. The molecule has 5 rings (SSSR count). The number of hydrogen-bond donors (Lipinski definition) is 0. The Labute approximate surface area is 239 Å². The van der Waals surface area contributed by atoms with Gasteiger partial charge in [0.05, 0.1) is 23.0 Å². The summed E-state index contributed by atoms with van der Waals surface area (Å²) in [6.07, 6.45) is 1.91. The minimum absolute atomic E-state index is 0.108. The number of carbonyl (C=O) groups excluding carboxylic acids is 2. The van der Waals surface area contributed by atoms with Crippen molar-refractivity contribution in [2.45, 2.75) is 17.3 Å². The molecule has 38 heavy (non-hydrogen) atoms. The van der Waals surface area contributed by atoms with Crippen LogP contribution in [-0.2, 0) is 10.5 Å². The van der Waals surface area contributed by atoms with Crippen molar-refractivity contribution >= 4 is 80.6 Å². The number of para-hydroxylation sites is 2. The molecule has 0 saturated carbocycles. The SMILES string of the molecule is COc1ccc(/C=C2\SC(=S)N(CCC(=O)n3c(SCc4ccc(Cl)cc4)nc4ccccc43)C2=O)cc1. The fourth-order valence-corrected chi connectivity index (χ4v) is 6.35. The quantitative estimate of drug-likeness (QED) is 0.127. The first kappa shape index (κ1) is 26.5. The Balaban J connectivity index is 1.31. The van der Waals surface area contributed by atoms with Crippen molar-refractivity contribution < 1.29 is 14.3 Å². The zero-order valence-corrected chi connectivity index (χ0v) is 23.5. The van der Waals surface area contributed by atoms with Crippen molar-refractivity contribution in [2.75, 3.05) is 13.7 Å². The van der Waals surface area contributed by atoms with Crippen molar-refractivity contribution in [3.63, 3.8) is 0 Å². The Morgan fingerprint density at radius 2 is 1.84 bits per heavy atom. The maximum absolute atomic E-state index is 13.5. The molecule has 0 spiro atoms. The maximum Gasteiger partial charge on any atom is 0.266 e. The van der Waals surface area contributed by atoms with Crippen molar-refractivity contribution in [1.29, 1.82) is 0 Å². The molecule has 1 amide bonds. The van der Waals surface area contributed by atoms with Gasteiger partial charge in [-0.15, -0.1) is 0 Å². The number of ether oxygens (including phenoxy) is 1. The van der Waals surface area contributed by atoms with Crippen LogP contribution in [0.3, 0.4) is 0 Å². The molecule has 1 saturated heterocycles. The zero-order chi connectivity index (χ0) is 26.6. The van der Waals surface area contributed by atoms with Crippen molar-refractivity contribution in [2.24, 2.45) is 0 Å². The largest absolute Gasteiger partial charge is 0.497 e. The molecule has 1 fully saturated rings. The lowest BCUT2D eigenvalue weighted by Crippen LogP contribution is -2.31. The van der Waals surface area contributed by atoms with Crippen LogP contribution < -0.4 is 4.74 Å². The number of carbonyl (C=O) groups is 2. The molecular weight excluding hydrogens is 558 g/mol. The van der Waals surface area contributed by atoms with Crippen LogP contribution in [0.25, 0.3) is 17.1 Å². The molecule has 1 aromatic heterocycles. The second-order valence-corrected chi connectivity index (χ2v) is 11.4. The molecular formula is C28H22ClN3O3S3. The maximum atomic E-state index is 13.5. The number of nitrogens with zero attached hydrogens (tertiary/aromatic N) is 3. The third-order valence-corrected chi connectivity index (χ3v) is 8.54. The molecule has 10 heteroatoms. The Bertz CT molecular complexity index is 1550. The smallest absolute Gasteiger partial charge is 0.266 e. The van der Waals surface area contributed by atoms with Crippen LogP contribution >= 0.6 is 47.3 Å². The van der Waals surface area contributed by atoms with Gasteiger partial charge in [0.2, 0.25) is 5.91 Å². The topological polar surface area (TPSA) is 64.4 Å².